The lowest BCUT2D eigenvalue weighted by Crippen LogP contribution is -2.00. The van der Waals surface area contributed by atoms with Crippen LogP contribution in [-0.2, 0) is 0 Å². The molecule has 12 rings (SSSR count). The summed E-state index contributed by atoms with van der Waals surface area (Å²) in [5.41, 5.74) is 13.3. The first-order valence-corrected chi connectivity index (χ1v) is 21.7. The predicted octanol–water partition coefficient (Wildman–Crippen LogP) is 15.3. The molecule has 3 aromatic heterocycles. The molecular formula is C57H36N4S. The Morgan fingerprint density at radius 2 is 0.806 bits per heavy atom. The molecule has 290 valence electrons. The van der Waals surface area contributed by atoms with Crippen LogP contribution in [0.25, 0.3) is 115 Å². The van der Waals surface area contributed by atoms with Gasteiger partial charge in [-0.25, -0.2) is 15.0 Å². The summed E-state index contributed by atoms with van der Waals surface area (Å²) in [7, 11) is 0. The van der Waals surface area contributed by atoms with E-state index in [2.05, 4.69) is 162 Å². The molecule has 4 nitrogen and oxygen atoms in total. The minimum absolute atomic E-state index is 0.638. The minimum Gasteiger partial charge on any atom is -0.309 e. The fourth-order valence-electron chi connectivity index (χ4n) is 8.87. The normalized spacial score (nSPS) is 11.5. The van der Waals surface area contributed by atoms with Crippen molar-refractivity contribution in [2.24, 2.45) is 0 Å². The molecule has 0 fully saturated rings. The molecule has 0 radical (unpaired) electrons. The molecule has 0 aliphatic heterocycles. The molecule has 0 aliphatic rings. The van der Waals surface area contributed by atoms with E-state index in [4.69, 9.17) is 15.0 Å². The molecule has 0 bridgehead atoms. The van der Waals surface area contributed by atoms with E-state index in [1.165, 1.54) is 53.1 Å². The van der Waals surface area contributed by atoms with E-state index in [1.54, 1.807) is 0 Å². The van der Waals surface area contributed by atoms with Crippen molar-refractivity contribution in [3.05, 3.63) is 218 Å². The largest absolute Gasteiger partial charge is 0.309 e. The van der Waals surface area contributed by atoms with Crippen molar-refractivity contribution in [1.29, 1.82) is 0 Å². The van der Waals surface area contributed by atoms with Gasteiger partial charge in [0.1, 0.15) is 0 Å². The van der Waals surface area contributed by atoms with Gasteiger partial charge >= 0.3 is 0 Å². The van der Waals surface area contributed by atoms with E-state index in [0.717, 1.165) is 44.6 Å². The number of para-hydroxylation sites is 1. The summed E-state index contributed by atoms with van der Waals surface area (Å²) in [5.74, 6) is 1.93. The molecule has 0 spiro atoms. The van der Waals surface area contributed by atoms with E-state index >= 15 is 0 Å². The summed E-state index contributed by atoms with van der Waals surface area (Å²) in [5, 5.41) is 5.12. The van der Waals surface area contributed by atoms with E-state index in [-0.39, 0.29) is 0 Å². The maximum Gasteiger partial charge on any atom is 0.164 e. The molecule has 9 aromatic carbocycles. The number of hydrogen-bond acceptors (Lipinski definition) is 4. The summed E-state index contributed by atoms with van der Waals surface area (Å²) in [6, 6.07) is 77.6. The van der Waals surface area contributed by atoms with Gasteiger partial charge in [-0.05, 0) is 81.9 Å². The van der Waals surface area contributed by atoms with Crippen LogP contribution in [0.5, 0.6) is 0 Å². The van der Waals surface area contributed by atoms with Crippen LogP contribution < -0.4 is 0 Å². The fourth-order valence-corrected chi connectivity index (χ4v) is 10.1. The highest BCUT2D eigenvalue weighted by molar-refractivity contribution is 7.26. The Kier molecular flexibility index (Phi) is 8.65. The zero-order valence-electron chi connectivity index (χ0n) is 33.5. The predicted molar refractivity (Wildman–Crippen MR) is 260 cm³/mol. The van der Waals surface area contributed by atoms with Crippen LogP contribution in [0.2, 0.25) is 0 Å². The maximum absolute atomic E-state index is 4.99. The third-order valence-corrected chi connectivity index (χ3v) is 13.1. The number of nitrogens with zero attached hydrogens (tertiary/aromatic N) is 4. The third kappa shape index (κ3) is 6.26. The molecule has 62 heavy (non-hydrogen) atoms. The number of rotatable bonds is 7. The Bertz CT molecular complexity index is 3580. The fraction of sp³-hybridized carbons (Fsp3) is 0. The highest BCUT2D eigenvalue weighted by Crippen LogP contribution is 2.42. The highest BCUT2D eigenvalue weighted by Gasteiger charge is 2.17. The number of benzene rings is 9. The average molecular weight is 809 g/mol. The Morgan fingerprint density at radius 3 is 1.52 bits per heavy atom. The summed E-state index contributed by atoms with van der Waals surface area (Å²) in [6.45, 7) is 0. The van der Waals surface area contributed by atoms with Gasteiger partial charge < -0.3 is 4.57 Å². The van der Waals surface area contributed by atoms with E-state index in [0.29, 0.717) is 17.5 Å². The number of hydrogen-bond donors (Lipinski definition) is 0. The van der Waals surface area contributed by atoms with Crippen molar-refractivity contribution in [2.45, 2.75) is 0 Å². The van der Waals surface area contributed by atoms with Crippen LogP contribution in [0.1, 0.15) is 0 Å². The van der Waals surface area contributed by atoms with Crippen molar-refractivity contribution in [1.82, 2.24) is 19.5 Å². The lowest BCUT2D eigenvalue weighted by Gasteiger charge is -2.12. The summed E-state index contributed by atoms with van der Waals surface area (Å²) in [6.07, 6.45) is 0. The van der Waals surface area contributed by atoms with Gasteiger partial charge in [0.2, 0.25) is 0 Å². The van der Waals surface area contributed by atoms with Crippen molar-refractivity contribution >= 4 is 53.3 Å². The Labute approximate surface area is 362 Å². The molecule has 12 aromatic rings. The van der Waals surface area contributed by atoms with Crippen LogP contribution >= 0.6 is 11.3 Å². The molecule has 0 saturated heterocycles. The first-order chi connectivity index (χ1) is 30.7. The van der Waals surface area contributed by atoms with Crippen molar-refractivity contribution in [3.63, 3.8) is 0 Å². The number of aromatic nitrogens is 4. The average Bonchev–Trinajstić information content (AvgIpc) is 3.90. The zero-order valence-corrected chi connectivity index (χ0v) is 34.3. The molecule has 0 aliphatic carbocycles. The zero-order chi connectivity index (χ0) is 41.0. The smallest absolute Gasteiger partial charge is 0.164 e. The second-order valence-electron chi connectivity index (χ2n) is 15.6. The second kappa shape index (κ2) is 14.9. The molecule has 3 heterocycles. The second-order valence-corrected chi connectivity index (χ2v) is 16.7. The quantitative estimate of drug-likeness (QED) is 0.161. The van der Waals surface area contributed by atoms with Gasteiger partial charge in [-0.2, -0.15) is 0 Å². The van der Waals surface area contributed by atoms with E-state index in [1.807, 2.05) is 72.0 Å². The van der Waals surface area contributed by atoms with Gasteiger partial charge in [0.05, 0.1) is 11.0 Å². The molecule has 0 atom stereocenters. The molecule has 0 amide bonds. The maximum atomic E-state index is 4.99. The minimum atomic E-state index is 0.638. The van der Waals surface area contributed by atoms with Gasteiger partial charge in [-0.1, -0.05) is 170 Å². The van der Waals surface area contributed by atoms with E-state index < -0.39 is 0 Å². The highest BCUT2D eigenvalue weighted by atomic mass is 32.1. The van der Waals surface area contributed by atoms with Crippen LogP contribution in [0.3, 0.4) is 0 Å². The number of thiophene rings is 1. The first kappa shape index (κ1) is 35.9. The molecule has 0 saturated carbocycles. The monoisotopic (exact) mass is 808 g/mol. The van der Waals surface area contributed by atoms with Crippen LogP contribution in [0.15, 0.2) is 218 Å². The lowest BCUT2D eigenvalue weighted by molar-refractivity contribution is 1.07. The van der Waals surface area contributed by atoms with Crippen molar-refractivity contribution in [3.8, 4) is 73.2 Å². The van der Waals surface area contributed by atoms with Gasteiger partial charge in [-0.3, -0.25) is 0 Å². The molecule has 5 heteroatoms. The topological polar surface area (TPSA) is 43.6 Å². The third-order valence-electron chi connectivity index (χ3n) is 11.8. The first-order valence-electron chi connectivity index (χ1n) is 20.8. The summed E-state index contributed by atoms with van der Waals surface area (Å²) >= 11 is 1.88. The summed E-state index contributed by atoms with van der Waals surface area (Å²) in [4.78, 5) is 14.9. The number of fused-ring (bicyclic) bond motifs is 6. The van der Waals surface area contributed by atoms with Crippen LogP contribution in [0, 0.1) is 0 Å². The van der Waals surface area contributed by atoms with Crippen molar-refractivity contribution in [2.75, 3.05) is 0 Å². The van der Waals surface area contributed by atoms with E-state index in [9.17, 15) is 0 Å². The van der Waals surface area contributed by atoms with Gasteiger partial charge in [0.25, 0.3) is 0 Å². The Hall–Kier alpha value is -7.99. The lowest BCUT2D eigenvalue weighted by atomic mass is 9.97. The van der Waals surface area contributed by atoms with Crippen molar-refractivity contribution < 1.29 is 0 Å². The standard InChI is InChI=1S/C57H36N4S/c1-3-15-37(16-4-1)55-58-56(38-17-5-2-6-18-38)60-57(59-55)44-23-12-21-41(34-44)39-19-11-20-40(33-39)42-22-13-24-45(35-42)61-51-29-9-7-25-47(51)50-36-43(31-32-52(50)61)46-27-14-28-49-48-26-8-10-30-53(48)62-54(46)49/h1-36H. The molecule has 0 N–H and O–H groups in total. The van der Waals surface area contributed by atoms with Gasteiger partial charge in [0.15, 0.2) is 17.5 Å². The summed E-state index contributed by atoms with van der Waals surface area (Å²) < 4.78 is 5.06. The van der Waals surface area contributed by atoms with Gasteiger partial charge in [0, 0.05) is 53.3 Å². The van der Waals surface area contributed by atoms with Crippen LogP contribution in [0.4, 0.5) is 0 Å². The molecule has 0 unspecified atom stereocenters. The Balaban J connectivity index is 0.918. The Morgan fingerprint density at radius 1 is 0.306 bits per heavy atom. The van der Waals surface area contributed by atoms with Crippen LogP contribution in [-0.4, -0.2) is 19.5 Å². The van der Waals surface area contributed by atoms with Gasteiger partial charge in [-0.15, -0.1) is 11.3 Å². The molecular weight excluding hydrogens is 773 g/mol. The SMILES string of the molecule is c1ccc(-c2nc(-c3ccccc3)nc(-c3cccc(-c4cccc(-c5cccc(-n6c7ccccc7c7cc(-c8cccc9c8sc8ccccc89)ccc76)c5)c4)c3)n2)cc1.